The van der Waals surface area contributed by atoms with Gasteiger partial charge in [-0.15, -0.1) is 0 Å². The minimum absolute atomic E-state index is 0.131. The van der Waals surface area contributed by atoms with Gasteiger partial charge < -0.3 is 4.74 Å². The number of carbonyl (C=O) groups is 2. The van der Waals surface area contributed by atoms with E-state index in [-0.39, 0.29) is 6.42 Å². The van der Waals surface area contributed by atoms with E-state index < -0.39 is 17.9 Å². The molecular weight excluding hydrogens is 208 g/mol. The molecule has 0 bridgehead atoms. The van der Waals surface area contributed by atoms with Gasteiger partial charge in [0.1, 0.15) is 0 Å². The fourth-order valence-corrected chi connectivity index (χ4v) is 1.76. The number of nitrogens with zero attached hydrogens (tertiary/aromatic N) is 2. The highest BCUT2D eigenvalue weighted by Crippen LogP contribution is 2.26. The molecule has 2 rings (SSSR count). The minimum atomic E-state index is -0.464. The Bertz CT molecular complexity index is 423. The van der Waals surface area contributed by atoms with Gasteiger partial charge >= 0.3 is 11.9 Å². The van der Waals surface area contributed by atoms with Crippen LogP contribution in [0.1, 0.15) is 31.7 Å². The third-order valence-electron chi connectivity index (χ3n) is 2.48. The first-order valence-corrected chi connectivity index (χ1v) is 5.33. The van der Waals surface area contributed by atoms with E-state index in [0.717, 1.165) is 12.1 Å². The molecule has 0 aliphatic carbocycles. The fraction of sp³-hybridized carbons (Fsp3) is 0.545. The van der Waals surface area contributed by atoms with Crippen LogP contribution in [0.15, 0.2) is 12.4 Å². The van der Waals surface area contributed by atoms with Crippen molar-refractivity contribution in [1.82, 2.24) is 9.78 Å². The van der Waals surface area contributed by atoms with E-state index in [1.54, 1.807) is 10.9 Å². The van der Waals surface area contributed by atoms with Crippen LogP contribution in [-0.4, -0.2) is 21.7 Å². The zero-order valence-corrected chi connectivity index (χ0v) is 9.34. The Kier molecular flexibility index (Phi) is 2.77. The number of ether oxygens (including phenoxy) is 1. The van der Waals surface area contributed by atoms with Gasteiger partial charge in [-0.05, 0) is 5.92 Å². The highest BCUT2D eigenvalue weighted by Gasteiger charge is 2.35. The number of esters is 2. The van der Waals surface area contributed by atoms with Gasteiger partial charge in [-0.1, -0.05) is 13.8 Å². The number of cyclic esters (lactones) is 2. The molecule has 0 amide bonds. The number of rotatable bonds is 3. The van der Waals surface area contributed by atoms with Crippen molar-refractivity contribution in [3.8, 4) is 0 Å². The molecule has 1 saturated heterocycles. The maximum Gasteiger partial charge on any atom is 0.321 e. The van der Waals surface area contributed by atoms with Crippen molar-refractivity contribution in [1.29, 1.82) is 0 Å². The van der Waals surface area contributed by atoms with Gasteiger partial charge in [0.2, 0.25) is 0 Å². The maximum atomic E-state index is 11.3. The van der Waals surface area contributed by atoms with E-state index >= 15 is 0 Å². The Labute approximate surface area is 93.4 Å². The monoisotopic (exact) mass is 222 g/mol. The van der Waals surface area contributed by atoms with E-state index in [1.807, 2.05) is 6.20 Å². The normalized spacial score (nSPS) is 20.6. The summed E-state index contributed by atoms with van der Waals surface area (Å²) in [7, 11) is 0. The Balaban J connectivity index is 2.13. The van der Waals surface area contributed by atoms with Crippen LogP contribution in [0.4, 0.5) is 0 Å². The Morgan fingerprint density at radius 1 is 1.56 bits per heavy atom. The van der Waals surface area contributed by atoms with Gasteiger partial charge in [-0.25, -0.2) is 0 Å². The quantitative estimate of drug-likeness (QED) is 0.567. The molecule has 1 atom stereocenters. The largest absolute Gasteiger partial charge is 0.393 e. The van der Waals surface area contributed by atoms with Gasteiger partial charge in [-0.3, -0.25) is 14.3 Å². The lowest BCUT2D eigenvalue weighted by atomic mass is 10.0. The molecule has 0 aromatic carbocycles. The molecule has 1 aromatic rings. The van der Waals surface area contributed by atoms with Crippen molar-refractivity contribution in [2.75, 3.05) is 0 Å². The van der Waals surface area contributed by atoms with Crippen LogP contribution in [-0.2, 0) is 20.9 Å². The van der Waals surface area contributed by atoms with E-state index in [0.29, 0.717) is 5.92 Å². The third-order valence-corrected chi connectivity index (χ3v) is 2.48. The Morgan fingerprint density at radius 2 is 2.31 bits per heavy atom. The molecule has 2 heterocycles. The summed E-state index contributed by atoms with van der Waals surface area (Å²) in [5.74, 6) is -0.890. The molecular formula is C11H14N2O3. The second-order valence-corrected chi connectivity index (χ2v) is 4.44. The SMILES string of the molecule is CC(C)Cn1cc(C2CC(=O)OC2=O)cn1. The van der Waals surface area contributed by atoms with Crippen LogP contribution in [0.5, 0.6) is 0 Å². The summed E-state index contributed by atoms with van der Waals surface area (Å²) in [5.41, 5.74) is 0.761. The number of aromatic nitrogens is 2. The second-order valence-electron chi connectivity index (χ2n) is 4.44. The molecule has 86 valence electrons. The molecule has 5 heteroatoms. The predicted molar refractivity (Wildman–Crippen MR) is 55.5 cm³/mol. The molecule has 5 nitrogen and oxygen atoms in total. The van der Waals surface area contributed by atoms with E-state index in [9.17, 15) is 9.59 Å². The van der Waals surface area contributed by atoms with Crippen LogP contribution in [0.2, 0.25) is 0 Å². The molecule has 1 aliphatic rings. The average molecular weight is 222 g/mol. The van der Waals surface area contributed by atoms with Crippen molar-refractivity contribution in [3.05, 3.63) is 18.0 Å². The second kappa shape index (κ2) is 4.08. The van der Waals surface area contributed by atoms with Gasteiger partial charge in [0.25, 0.3) is 0 Å². The van der Waals surface area contributed by atoms with Crippen molar-refractivity contribution < 1.29 is 14.3 Å². The molecule has 1 aliphatic heterocycles. The minimum Gasteiger partial charge on any atom is -0.393 e. The van der Waals surface area contributed by atoms with Gasteiger partial charge in [0.05, 0.1) is 18.5 Å². The predicted octanol–water partition coefficient (Wildman–Crippen LogP) is 1.10. The van der Waals surface area contributed by atoms with E-state index in [2.05, 4.69) is 23.7 Å². The highest BCUT2D eigenvalue weighted by atomic mass is 16.6. The topological polar surface area (TPSA) is 61.2 Å². The summed E-state index contributed by atoms with van der Waals surface area (Å²) >= 11 is 0. The molecule has 16 heavy (non-hydrogen) atoms. The first-order valence-electron chi connectivity index (χ1n) is 5.33. The molecule has 1 aromatic heterocycles. The third kappa shape index (κ3) is 2.13. The summed E-state index contributed by atoms with van der Waals surface area (Å²) in [6, 6.07) is 0. The van der Waals surface area contributed by atoms with Crippen molar-refractivity contribution in [2.45, 2.75) is 32.7 Å². The standard InChI is InChI=1S/C11H14N2O3/c1-7(2)5-13-6-8(4-12-13)9-3-10(14)16-11(9)15/h4,6-7,9H,3,5H2,1-2H3. The first kappa shape index (κ1) is 10.9. The molecule has 0 radical (unpaired) electrons. The Morgan fingerprint density at radius 3 is 2.88 bits per heavy atom. The average Bonchev–Trinajstić information content (AvgIpc) is 2.72. The lowest BCUT2D eigenvalue weighted by Crippen LogP contribution is -2.06. The Hall–Kier alpha value is -1.65. The van der Waals surface area contributed by atoms with E-state index in [4.69, 9.17) is 0 Å². The number of hydrogen-bond donors (Lipinski definition) is 0. The summed E-state index contributed by atoms with van der Waals surface area (Å²) in [5, 5.41) is 4.16. The number of carbonyl (C=O) groups excluding carboxylic acids is 2. The van der Waals surface area contributed by atoms with Crippen LogP contribution in [0.25, 0.3) is 0 Å². The fourth-order valence-electron chi connectivity index (χ4n) is 1.76. The summed E-state index contributed by atoms with van der Waals surface area (Å²) < 4.78 is 6.29. The molecule has 1 fully saturated rings. The van der Waals surface area contributed by atoms with Crippen molar-refractivity contribution in [3.63, 3.8) is 0 Å². The molecule has 1 unspecified atom stereocenters. The lowest BCUT2D eigenvalue weighted by Gasteiger charge is -2.04. The zero-order chi connectivity index (χ0) is 11.7. The molecule has 0 N–H and O–H groups in total. The van der Waals surface area contributed by atoms with Crippen molar-refractivity contribution in [2.24, 2.45) is 5.92 Å². The van der Waals surface area contributed by atoms with E-state index in [1.165, 1.54) is 0 Å². The molecule has 0 saturated carbocycles. The molecule has 0 spiro atoms. The van der Waals surface area contributed by atoms with Crippen LogP contribution >= 0.6 is 0 Å². The van der Waals surface area contributed by atoms with Crippen LogP contribution < -0.4 is 0 Å². The summed E-state index contributed by atoms with van der Waals surface area (Å²) in [6.07, 6.45) is 3.57. The number of hydrogen-bond acceptors (Lipinski definition) is 4. The van der Waals surface area contributed by atoms with Crippen molar-refractivity contribution >= 4 is 11.9 Å². The van der Waals surface area contributed by atoms with Gasteiger partial charge in [-0.2, -0.15) is 5.10 Å². The summed E-state index contributed by atoms with van der Waals surface area (Å²) in [6.45, 7) is 4.99. The highest BCUT2D eigenvalue weighted by molar-refractivity contribution is 5.97. The maximum absolute atomic E-state index is 11.3. The smallest absolute Gasteiger partial charge is 0.321 e. The zero-order valence-electron chi connectivity index (χ0n) is 9.34. The summed E-state index contributed by atoms with van der Waals surface area (Å²) in [4.78, 5) is 22.3. The lowest BCUT2D eigenvalue weighted by molar-refractivity contribution is -0.152. The van der Waals surface area contributed by atoms with Gasteiger partial charge in [0.15, 0.2) is 0 Å². The first-order chi connectivity index (χ1) is 7.56. The van der Waals surface area contributed by atoms with Gasteiger partial charge in [0, 0.05) is 18.3 Å². The van der Waals surface area contributed by atoms with Crippen LogP contribution in [0, 0.1) is 5.92 Å². The van der Waals surface area contributed by atoms with Crippen LogP contribution in [0.3, 0.4) is 0 Å².